The quantitative estimate of drug-likeness (QED) is 0.847. The van der Waals surface area contributed by atoms with Crippen molar-refractivity contribution in [3.63, 3.8) is 0 Å². The normalized spacial score (nSPS) is 21.1. The second-order valence-corrected chi connectivity index (χ2v) is 6.83. The summed E-state index contributed by atoms with van der Waals surface area (Å²) in [5.41, 5.74) is 0.786. The molecule has 0 saturated heterocycles. The van der Waals surface area contributed by atoms with E-state index < -0.39 is 0 Å². The summed E-state index contributed by atoms with van der Waals surface area (Å²) in [7, 11) is 0. The smallest absolute Gasteiger partial charge is 0.234 e. The van der Waals surface area contributed by atoms with Gasteiger partial charge in [-0.1, -0.05) is 38.0 Å². The topological polar surface area (TPSA) is 58.2 Å². The van der Waals surface area contributed by atoms with Crippen LogP contribution in [-0.2, 0) is 9.59 Å². The van der Waals surface area contributed by atoms with Gasteiger partial charge in [-0.2, -0.15) is 0 Å². The van der Waals surface area contributed by atoms with Gasteiger partial charge in [0.25, 0.3) is 0 Å². The van der Waals surface area contributed by atoms with Crippen LogP contribution >= 0.6 is 11.8 Å². The van der Waals surface area contributed by atoms with Gasteiger partial charge in [-0.05, 0) is 30.9 Å². The van der Waals surface area contributed by atoms with Gasteiger partial charge in [-0.25, -0.2) is 0 Å². The van der Waals surface area contributed by atoms with Crippen LogP contribution in [0.3, 0.4) is 0 Å². The summed E-state index contributed by atoms with van der Waals surface area (Å²) in [4.78, 5) is 23.7. The lowest BCUT2D eigenvalue weighted by molar-refractivity contribution is -0.119. The van der Waals surface area contributed by atoms with E-state index >= 15 is 0 Å². The summed E-state index contributed by atoms with van der Waals surface area (Å²) in [6.45, 7) is 2.20. The van der Waals surface area contributed by atoms with Gasteiger partial charge in [-0.15, -0.1) is 11.8 Å². The van der Waals surface area contributed by atoms with E-state index in [9.17, 15) is 9.59 Å². The predicted octanol–water partition coefficient (Wildman–Crippen LogP) is 3.05. The molecule has 0 heterocycles. The fourth-order valence-corrected chi connectivity index (χ4v) is 3.36. The van der Waals surface area contributed by atoms with Crippen LogP contribution in [0, 0.1) is 5.92 Å². The number of hydrogen-bond donors (Lipinski definition) is 2. The molecular formula is C17H24N2O2S. The van der Waals surface area contributed by atoms with Crippen LogP contribution in [0.1, 0.15) is 32.6 Å². The molecule has 4 nitrogen and oxygen atoms in total. The standard InChI is InChI=1S/C17H24N2O2S/c1-13-7-5-6-10-15(13)19-17(21)12-22-11-16(20)18-14-8-3-2-4-9-14/h2-4,8-9,13,15H,5-7,10-12H2,1H3,(H,18,20)(H,19,21)/t13-,15+/m1/s1. The van der Waals surface area contributed by atoms with Crippen LogP contribution in [0.2, 0.25) is 0 Å². The number of nitrogens with one attached hydrogen (secondary N) is 2. The van der Waals surface area contributed by atoms with Crippen LogP contribution in [0.5, 0.6) is 0 Å². The third kappa shape index (κ3) is 5.72. The first-order valence-electron chi connectivity index (χ1n) is 7.87. The third-order valence-electron chi connectivity index (χ3n) is 3.98. The summed E-state index contributed by atoms with van der Waals surface area (Å²) >= 11 is 1.35. The van der Waals surface area contributed by atoms with Crippen LogP contribution in [0.25, 0.3) is 0 Å². The van der Waals surface area contributed by atoms with E-state index in [4.69, 9.17) is 0 Å². The number of para-hydroxylation sites is 1. The fourth-order valence-electron chi connectivity index (χ4n) is 2.73. The molecule has 2 atom stereocenters. The van der Waals surface area contributed by atoms with Gasteiger partial charge in [0.15, 0.2) is 0 Å². The zero-order valence-electron chi connectivity index (χ0n) is 13.0. The number of carbonyl (C=O) groups is 2. The van der Waals surface area contributed by atoms with Gasteiger partial charge in [0.2, 0.25) is 11.8 Å². The van der Waals surface area contributed by atoms with E-state index in [1.54, 1.807) is 0 Å². The highest BCUT2D eigenvalue weighted by molar-refractivity contribution is 8.00. The lowest BCUT2D eigenvalue weighted by atomic mass is 9.86. The maximum Gasteiger partial charge on any atom is 0.234 e. The lowest BCUT2D eigenvalue weighted by Crippen LogP contribution is -2.42. The first-order valence-corrected chi connectivity index (χ1v) is 9.02. The first kappa shape index (κ1) is 16.9. The Balaban J connectivity index is 1.63. The number of rotatable bonds is 6. The SMILES string of the molecule is C[C@@H]1CCCC[C@@H]1NC(=O)CSCC(=O)Nc1ccccc1. The fraction of sp³-hybridized carbons (Fsp3) is 0.529. The molecule has 2 amide bonds. The Kier molecular flexibility index (Phi) is 6.77. The monoisotopic (exact) mass is 320 g/mol. The Morgan fingerprint density at radius 1 is 1.09 bits per heavy atom. The lowest BCUT2D eigenvalue weighted by Gasteiger charge is -2.29. The zero-order valence-corrected chi connectivity index (χ0v) is 13.8. The molecule has 1 aromatic carbocycles. The summed E-state index contributed by atoms with van der Waals surface area (Å²) in [6.07, 6.45) is 4.73. The van der Waals surface area contributed by atoms with E-state index in [1.807, 2.05) is 30.3 Å². The minimum atomic E-state index is -0.0740. The average molecular weight is 320 g/mol. The van der Waals surface area contributed by atoms with Crippen molar-refractivity contribution in [2.45, 2.75) is 38.6 Å². The van der Waals surface area contributed by atoms with Crippen molar-refractivity contribution in [1.29, 1.82) is 0 Å². The molecule has 22 heavy (non-hydrogen) atoms. The van der Waals surface area contributed by atoms with Crippen LogP contribution < -0.4 is 10.6 Å². The highest BCUT2D eigenvalue weighted by Crippen LogP contribution is 2.23. The van der Waals surface area contributed by atoms with Crippen molar-refractivity contribution in [3.8, 4) is 0 Å². The molecular weight excluding hydrogens is 296 g/mol. The van der Waals surface area contributed by atoms with Crippen LogP contribution in [-0.4, -0.2) is 29.4 Å². The number of anilines is 1. The molecule has 120 valence electrons. The van der Waals surface area contributed by atoms with Crippen LogP contribution in [0.4, 0.5) is 5.69 Å². The van der Waals surface area contributed by atoms with Gasteiger partial charge in [0.1, 0.15) is 0 Å². The summed E-state index contributed by atoms with van der Waals surface area (Å²) in [6, 6.07) is 9.66. The maximum absolute atomic E-state index is 11.9. The van der Waals surface area contributed by atoms with Gasteiger partial charge < -0.3 is 10.6 Å². The summed E-state index contributed by atoms with van der Waals surface area (Å²) < 4.78 is 0. The average Bonchev–Trinajstić information content (AvgIpc) is 2.50. The molecule has 2 rings (SSSR count). The number of carbonyl (C=O) groups excluding carboxylic acids is 2. The Morgan fingerprint density at radius 3 is 2.50 bits per heavy atom. The number of thioether (sulfide) groups is 1. The van der Waals surface area contributed by atoms with Gasteiger partial charge in [0.05, 0.1) is 11.5 Å². The second kappa shape index (κ2) is 8.83. The highest BCUT2D eigenvalue weighted by atomic mass is 32.2. The minimum Gasteiger partial charge on any atom is -0.352 e. The Hall–Kier alpha value is -1.49. The maximum atomic E-state index is 11.9. The van der Waals surface area contributed by atoms with Crippen molar-refractivity contribution in [1.82, 2.24) is 5.32 Å². The number of amides is 2. The van der Waals surface area contributed by atoms with Crippen LogP contribution in [0.15, 0.2) is 30.3 Å². The molecule has 0 unspecified atom stereocenters. The molecule has 1 aliphatic rings. The van der Waals surface area contributed by atoms with Crippen molar-refractivity contribution >= 4 is 29.3 Å². The number of hydrogen-bond acceptors (Lipinski definition) is 3. The predicted molar refractivity (Wildman–Crippen MR) is 92.0 cm³/mol. The van der Waals surface area contributed by atoms with E-state index in [-0.39, 0.29) is 11.8 Å². The van der Waals surface area contributed by atoms with Crippen molar-refractivity contribution in [2.24, 2.45) is 5.92 Å². The third-order valence-corrected chi connectivity index (χ3v) is 4.91. The van der Waals surface area contributed by atoms with Crippen molar-refractivity contribution < 1.29 is 9.59 Å². The molecule has 1 aliphatic carbocycles. The second-order valence-electron chi connectivity index (χ2n) is 5.84. The molecule has 5 heteroatoms. The largest absolute Gasteiger partial charge is 0.352 e. The summed E-state index contributed by atoms with van der Waals surface area (Å²) in [5, 5.41) is 5.91. The molecule has 1 aromatic rings. The van der Waals surface area contributed by atoms with E-state index in [0.29, 0.717) is 23.5 Å². The van der Waals surface area contributed by atoms with Crippen molar-refractivity contribution in [3.05, 3.63) is 30.3 Å². The Morgan fingerprint density at radius 2 is 1.77 bits per heavy atom. The molecule has 0 spiro atoms. The molecule has 0 bridgehead atoms. The Labute approximate surface area is 136 Å². The Bertz CT molecular complexity index is 493. The van der Waals surface area contributed by atoms with Gasteiger partial charge >= 0.3 is 0 Å². The van der Waals surface area contributed by atoms with E-state index in [1.165, 1.54) is 31.0 Å². The molecule has 0 aromatic heterocycles. The summed E-state index contributed by atoms with van der Waals surface area (Å²) in [5.74, 6) is 1.16. The molecule has 1 saturated carbocycles. The molecule has 2 N–H and O–H groups in total. The highest BCUT2D eigenvalue weighted by Gasteiger charge is 2.22. The van der Waals surface area contributed by atoms with E-state index in [2.05, 4.69) is 17.6 Å². The van der Waals surface area contributed by atoms with Crippen molar-refractivity contribution in [2.75, 3.05) is 16.8 Å². The molecule has 0 aliphatic heterocycles. The first-order chi connectivity index (χ1) is 10.6. The molecule has 0 radical (unpaired) electrons. The van der Waals surface area contributed by atoms with Gasteiger partial charge in [0, 0.05) is 11.7 Å². The molecule has 1 fully saturated rings. The van der Waals surface area contributed by atoms with Gasteiger partial charge in [-0.3, -0.25) is 9.59 Å². The number of benzene rings is 1. The van der Waals surface area contributed by atoms with E-state index in [0.717, 1.165) is 12.1 Å². The zero-order chi connectivity index (χ0) is 15.8. The minimum absolute atomic E-state index is 0.0382.